The van der Waals surface area contributed by atoms with Crippen LogP contribution in [0.4, 0.5) is 5.82 Å². The van der Waals surface area contributed by atoms with Crippen LogP contribution in [0.1, 0.15) is 42.5 Å². The first-order valence-corrected chi connectivity index (χ1v) is 12.9. The summed E-state index contributed by atoms with van der Waals surface area (Å²) in [5.74, 6) is 0.226. The Morgan fingerprint density at radius 1 is 1.24 bits per heavy atom. The summed E-state index contributed by atoms with van der Waals surface area (Å²) in [6, 6.07) is 8.16. The van der Waals surface area contributed by atoms with Crippen molar-refractivity contribution in [2.45, 2.75) is 43.9 Å². The van der Waals surface area contributed by atoms with Gasteiger partial charge in [0, 0.05) is 5.92 Å². The van der Waals surface area contributed by atoms with Crippen molar-refractivity contribution in [3.05, 3.63) is 40.7 Å². The molecule has 2 aliphatic rings. The van der Waals surface area contributed by atoms with Crippen LogP contribution in [0, 0.1) is 5.92 Å². The molecule has 5 rings (SSSR count). The summed E-state index contributed by atoms with van der Waals surface area (Å²) in [5.41, 5.74) is 3.50. The van der Waals surface area contributed by atoms with Gasteiger partial charge in [0.1, 0.15) is 6.35 Å². The van der Waals surface area contributed by atoms with Gasteiger partial charge in [0.05, 0.1) is 24.8 Å². The molecule has 2 heterocycles. The highest BCUT2D eigenvalue weighted by atomic mass is 35.5. The van der Waals surface area contributed by atoms with Crippen molar-refractivity contribution in [1.82, 2.24) is 25.0 Å². The van der Waals surface area contributed by atoms with Crippen molar-refractivity contribution in [2.75, 3.05) is 18.3 Å². The minimum Gasteiger partial charge on any atom is -0.393 e. The number of aryl methyl sites for hydroxylation is 1. The van der Waals surface area contributed by atoms with E-state index >= 15 is 0 Å². The second kappa shape index (κ2) is 8.90. The molecule has 1 unspecified atom stereocenters. The molecular weight excluding hydrogens is 471 g/mol. The number of aliphatic hydroxyl groups excluding tert-OH is 1. The minimum absolute atomic E-state index is 0.0407. The zero-order valence-corrected chi connectivity index (χ0v) is 19.2. The van der Waals surface area contributed by atoms with Crippen LogP contribution in [0.2, 0.25) is 5.28 Å². The summed E-state index contributed by atoms with van der Waals surface area (Å²) in [7, 11) is -4.25. The van der Waals surface area contributed by atoms with Crippen LogP contribution in [-0.4, -0.2) is 58.9 Å². The number of anilines is 1. The summed E-state index contributed by atoms with van der Waals surface area (Å²) in [6.45, 7) is 0.0407. The summed E-state index contributed by atoms with van der Waals surface area (Å²) >= 11 is 6.24. The van der Waals surface area contributed by atoms with Gasteiger partial charge >= 0.3 is 7.60 Å². The maximum atomic E-state index is 11.0. The van der Waals surface area contributed by atoms with E-state index in [0.717, 1.165) is 12.8 Å². The lowest BCUT2D eigenvalue weighted by Gasteiger charge is -2.15. The quantitative estimate of drug-likeness (QED) is 0.284. The highest BCUT2D eigenvalue weighted by Crippen LogP contribution is 2.39. The number of hydrogen-bond donors (Lipinski definition) is 4. The normalized spacial score (nSPS) is 25.0. The Labute approximate surface area is 194 Å². The molecule has 176 valence electrons. The highest BCUT2D eigenvalue weighted by Gasteiger charge is 2.36. The van der Waals surface area contributed by atoms with Crippen LogP contribution < -0.4 is 5.32 Å². The smallest absolute Gasteiger partial charge is 0.350 e. The lowest BCUT2D eigenvalue weighted by molar-refractivity contribution is 0.0561. The van der Waals surface area contributed by atoms with E-state index in [0.29, 0.717) is 29.8 Å². The molecule has 1 aromatic carbocycles. The van der Waals surface area contributed by atoms with E-state index in [-0.39, 0.29) is 29.9 Å². The molecule has 0 bridgehead atoms. The zero-order chi connectivity index (χ0) is 23.2. The third kappa shape index (κ3) is 4.75. The van der Waals surface area contributed by atoms with E-state index in [9.17, 15) is 9.67 Å². The SMILES string of the molecule is O=P(O)(O)COC[C@H]1C[C@@H](n2nnc3c(NC4CCc5ccccc54)nc(Cl)nc32)C[C@@H]1O. The number of ether oxygens (including phenoxy) is 1. The summed E-state index contributed by atoms with van der Waals surface area (Å²) < 4.78 is 17.8. The van der Waals surface area contributed by atoms with Crippen LogP contribution >= 0.6 is 19.2 Å². The van der Waals surface area contributed by atoms with E-state index in [1.54, 1.807) is 4.68 Å². The topological polar surface area (TPSA) is 156 Å². The monoisotopic (exact) mass is 494 g/mol. The second-order valence-electron chi connectivity index (χ2n) is 8.60. The van der Waals surface area contributed by atoms with Crippen molar-refractivity contribution in [1.29, 1.82) is 0 Å². The molecule has 2 aromatic heterocycles. The molecule has 13 heteroatoms. The van der Waals surface area contributed by atoms with Gasteiger partial charge in [-0.3, -0.25) is 4.57 Å². The molecule has 0 radical (unpaired) electrons. The molecule has 1 fully saturated rings. The van der Waals surface area contributed by atoms with Crippen LogP contribution in [0.25, 0.3) is 11.2 Å². The zero-order valence-electron chi connectivity index (χ0n) is 17.6. The molecular formula is C20H24ClN6O5P. The van der Waals surface area contributed by atoms with E-state index in [4.69, 9.17) is 26.1 Å². The average molecular weight is 495 g/mol. The number of rotatable bonds is 7. The van der Waals surface area contributed by atoms with Crippen molar-refractivity contribution < 1.29 is 24.2 Å². The lowest BCUT2D eigenvalue weighted by Crippen LogP contribution is -2.19. The fourth-order valence-electron chi connectivity index (χ4n) is 4.80. The van der Waals surface area contributed by atoms with Gasteiger partial charge in [0.2, 0.25) is 5.28 Å². The van der Waals surface area contributed by atoms with E-state index < -0.39 is 20.0 Å². The van der Waals surface area contributed by atoms with Crippen LogP contribution in [0.15, 0.2) is 24.3 Å². The highest BCUT2D eigenvalue weighted by molar-refractivity contribution is 7.51. The number of nitrogens with zero attached hydrogens (tertiary/aromatic N) is 5. The minimum atomic E-state index is -4.25. The first kappa shape index (κ1) is 22.6. The third-order valence-electron chi connectivity index (χ3n) is 6.31. The molecule has 33 heavy (non-hydrogen) atoms. The van der Waals surface area contributed by atoms with E-state index in [1.165, 1.54) is 11.1 Å². The van der Waals surface area contributed by atoms with Gasteiger partial charge in [-0.05, 0) is 48.4 Å². The first-order valence-electron chi connectivity index (χ1n) is 10.7. The van der Waals surface area contributed by atoms with Crippen molar-refractivity contribution in [2.24, 2.45) is 5.92 Å². The lowest BCUT2D eigenvalue weighted by atomic mass is 10.1. The van der Waals surface area contributed by atoms with Gasteiger partial charge in [-0.25, -0.2) is 4.68 Å². The second-order valence-corrected chi connectivity index (χ2v) is 10.5. The summed E-state index contributed by atoms with van der Waals surface area (Å²) in [4.78, 5) is 26.6. The molecule has 1 saturated carbocycles. The van der Waals surface area contributed by atoms with Crippen molar-refractivity contribution >= 4 is 36.2 Å². The standard InChI is InChI=1S/C20H24ClN6O5P/c21-20-23-18(22-15-6-5-11-3-1-2-4-14(11)15)17-19(24-20)27(26-25-17)13-7-12(16(28)8-13)9-32-10-33(29,30)31/h1-4,12-13,15-16,28H,5-10H2,(H,22,23,24)(H2,29,30,31)/t12-,13-,15?,16+/m1/s1. The number of hydrogen-bond acceptors (Lipinski definition) is 8. The number of nitrogens with one attached hydrogen (secondary N) is 1. The Morgan fingerprint density at radius 3 is 2.88 bits per heavy atom. The Balaban J connectivity index is 1.36. The fourth-order valence-corrected chi connectivity index (χ4v) is 5.31. The van der Waals surface area contributed by atoms with Gasteiger partial charge in [0.25, 0.3) is 0 Å². The predicted molar refractivity (Wildman–Crippen MR) is 120 cm³/mol. The molecule has 4 atom stereocenters. The number of aromatic nitrogens is 5. The van der Waals surface area contributed by atoms with Crippen molar-refractivity contribution in [3.63, 3.8) is 0 Å². The maximum Gasteiger partial charge on any atom is 0.350 e. The molecule has 0 aliphatic heterocycles. The maximum absolute atomic E-state index is 11.0. The molecule has 0 spiro atoms. The molecule has 11 nitrogen and oxygen atoms in total. The number of halogens is 1. The molecule has 4 N–H and O–H groups in total. The third-order valence-corrected chi connectivity index (χ3v) is 7.00. The van der Waals surface area contributed by atoms with Crippen molar-refractivity contribution in [3.8, 4) is 0 Å². The number of benzene rings is 1. The molecule has 0 saturated heterocycles. The molecule has 0 amide bonds. The van der Waals surface area contributed by atoms with Gasteiger partial charge in [-0.15, -0.1) is 5.10 Å². The Hall–Kier alpha value is -2.14. The molecule has 2 aliphatic carbocycles. The molecule has 3 aromatic rings. The Kier molecular flexibility index (Phi) is 6.11. The summed E-state index contributed by atoms with van der Waals surface area (Å²) in [6.07, 6.45) is 1.44. The number of aliphatic hydroxyl groups is 1. The van der Waals surface area contributed by atoms with E-state index in [2.05, 4.69) is 37.7 Å². The fraction of sp³-hybridized carbons (Fsp3) is 0.500. The van der Waals surface area contributed by atoms with E-state index in [1.807, 2.05) is 12.1 Å². The van der Waals surface area contributed by atoms with Crippen LogP contribution in [0.3, 0.4) is 0 Å². The van der Waals surface area contributed by atoms with Gasteiger partial charge < -0.3 is 24.9 Å². The Bertz CT molecular complexity index is 1220. The first-order chi connectivity index (χ1) is 15.8. The summed E-state index contributed by atoms with van der Waals surface area (Å²) in [5, 5.41) is 22.5. The van der Waals surface area contributed by atoms with Gasteiger partial charge in [0.15, 0.2) is 17.0 Å². The van der Waals surface area contributed by atoms with Gasteiger partial charge in [-0.2, -0.15) is 9.97 Å². The Morgan fingerprint density at radius 2 is 2.06 bits per heavy atom. The largest absolute Gasteiger partial charge is 0.393 e. The predicted octanol–water partition coefficient (Wildman–Crippen LogP) is 2.44. The number of fused-ring (bicyclic) bond motifs is 2. The van der Waals surface area contributed by atoms with Gasteiger partial charge in [-0.1, -0.05) is 29.5 Å². The van der Waals surface area contributed by atoms with Crippen LogP contribution in [0.5, 0.6) is 0 Å². The average Bonchev–Trinajstić information content (AvgIpc) is 3.45. The van der Waals surface area contributed by atoms with Crippen LogP contribution in [-0.2, 0) is 15.7 Å².